The topological polar surface area (TPSA) is 54.5 Å². The lowest BCUT2D eigenvalue weighted by atomic mass is 10.0. The fourth-order valence-electron chi connectivity index (χ4n) is 2.82. The van der Waals surface area contributed by atoms with E-state index >= 15 is 0 Å². The Morgan fingerprint density at radius 3 is 2.73 bits per heavy atom. The second-order valence-electron chi connectivity index (χ2n) is 5.92. The molecule has 0 saturated carbocycles. The van der Waals surface area contributed by atoms with Gasteiger partial charge in [-0.3, -0.25) is 0 Å². The molecule has 0 aromatic carbocycles. The molecule has 4 nitrogen and oxygen atoms in total. The summed E-state index contributed by atoms with van der Waals surface area (Å²) >= 11 is 5.78. The lowest BCUT2D eigenvalue weighted by Gasteiger charge is -2.06. The highest BCUT2D eigenvalue weighted by Gasteiger charge is 2.12. The predicted octanol–water partition coefficient (Wildman–Crippen LogP) is 4.27. The molecule has 1 N–H and O–H groups in total. The van der Waals surface area contributed by atoms with E-state index in [-0.39, 0.29) is 6.42 Å². The van der Waals surface area contributed by atoms with Crippen LogP contribution in [-0.2, 0) is 12.8 Å². The first-order valence-electron chi connectivity index (χ1n) is 7.86. The van der Waals surface area contributed by atoms with E-state index in [4.69, 9.17) is 11.6 Å². The van der Waals surface area contributed by atoms with Gasteiger partial charge in [-0.2, -0.15) is 4.39 Å². The van der Waals surface area contributed by atoms with Crippen LogP contribution in [0.25, 0.3) is 11.0 Å². The van der Waals surface area contributed by atoms with E-state index in [0.717, 1.165) is 22.9 Å². The molecule has 0 atom stereocenters. The zero-order valence-electron chi connectivity index (χ0n) is 13.4. The van der Waals surface area contributed by atoms with E-state index in [0.29, 0.717) is 28.2 Å². The summed E-state index contributed by atoms with van der Waals surface area (Å²) in [6, 6.07) is 6.64. The number of aromatic amines is 1. The maximum atomic E-state index is 14.2. The number of fused-ring (bicyclic) bond motifs is 1. The Kier molecular flexibility index (Phi) is 4.34. The molecule has 0 aliphatic heterocycles. The second-order valence-corrected chi connectivity index (χ2v) is 6.30. The number of pyridine rings is 3. The van der Waals surface area contributed by atoms with Crippen molar-refractivity contribution in [1.82, 2.24) is 19.9 Å². The van der Waals surface area contributed by atoms with Crippen molar-refractivity contribution < 1.29 is 8.78 Å². The first-order chi connectivity index (χ1) is 12.6. The summed E-state index contributed by atoms with van der Waals surface area (Å²) in [7, 11) is 0. The number of hydrogen-bond donors (Lipinski definition) is 1. The van der Waals surface area contributed by atoms with Crippen LogP contribution in [0.4, 0.5) is 8.78 Å². The average Bonchev–Trinajstić information content (AvgIpc) is 3.02. The number of halogens is 3. The van der Waals surface area contributed by atoms with Crippen LogP contribution in [-0.4, -0.2) is 19.9 Å². The molecule has 0 unspecified atom stereocenters. The third-order valence-electron chi connectivity index (χ3n) is 4.06. The standard InChI is InChI=1S/C19H12ClF2N4/c20-17-2-1-11(7-23-17)3-12-4-13(18(22)24-8-12)5-14-9-25-19-16(14)6-15(21)10-26-19/h1-2,4,6-7,9-10H,3,5H2,(H,25,26). The van der Waals surface area contributed by atoms with Gasteiger partial charge in [0.2, 0.25) is 5.95 Å². The molecule has 0 fully saturated rings. The van der Waals surface area contributed by atoms with Gasteiger partial charge in [0.15, 0.2) is 0 Å². The predicted molar refractivity (Wildman–Crippen MR) is 93.9 cm³/mol. The normalized spacial score (nSPS) is 11.2. The van der Waals surface area contributed by atoms with Crippen LogP contribution in [0.15, 0.2) is 42.9 Å². The van der Waals surface area contributed by atoms with Crippen LogP contribution >= 0.6 is 11.6 Å². The minimum absolute atomic E-state index is 0.268. The number of hydrogen-bond acceptors (Lipinski definition) is 3. The van der Waals surface area contributed by atoms with Gasteiger partial charge in [-0.05, 0) is 34.9 Å². The summed E-state index contributed by atoms with van der Waals surface area (Å²) in [4.78, 5) is 14.7. The van der Waals surface area contributed by atoms with E-state index in [1.165, 1.54) is 6.07 Å². The molecule has 4 aromatic heterocycles. The summed E-state index contributed by atoms with van der Waals surface area (Å²) in [5.74, 6) is -1.03. The molecule has 0 spiro atoms. The Morgan fingerprint density at radius 1 is 1.04 bits per heavy atom. The highest BCUT2D eigenvalue weighted by molar-refractivity contribution is 6.29. The molecule has 26 heavy (non-hydrogen) atoms. The molecule has 0 aliphatic carbocycles. The number of nitrogens with zero attached hydrogens (tertiary/aromatic N) is 3. The molecule has 4 aromatic rings. The fourth-order valence-corrected chi connectivity index (χ4v) is 2.94. The smallest absolute Gasteiger partial charge is 0.217 e. The molecule has 1 radical (unpaired) electrons. The third-order valence-corrected chi connectivity index (χ3v) is 4.28. The van der Waals surface area contributed by atoms with Gasteiger partial charge in [-0.15, -0.1) is 0 Å². The minimum Gasteiger partial charge on any atom is -0.346 e. The fraction of sp³-hybridized carbons (Fsp3) is 0.105. The number of H-pyrrole nitrogens is 1. The lowest BCUT2D eigenvalue weighted by Crippen LogP contribution is -2.00. The van der Waals surface area contributed by atoms with Crippen molar-refractivity contribution in [2.45, 2.75) is 12.8 Å². The van der Waals surface area contributed by atoms with E-state index in [1.54, 1.807) is 24.5 Å². The highest BCUT2D eigenvalue weighted by atomic mass is 35.5. The number of rotatable bonds is 4. The van der Waals surface area contributed by atoms with Crippen molar-refractivity contribution in [3.63, 3.8) is 0 Å². The number of aromatic nitrogens is 4. The molecular weight excluding hydrogens is 358 g/mol. The average molecular weight is 370 g/mol. The first kappa shape index (κ1) is 16.6. The second kappa shape index (κ2) is 6.80. The maximum Gasteiger partial charge on any atom is 0.217 e. The lowest BCUT2D eigenvalue weighted by molar-refractivity contribution is 0.568. The molecular formula is C19H12ClF2N4. The Hall–Kier alpha value is -2.86. The molecule has 4 heterocycles. The molecule has 0 amide bonds. The van der Waals surface area contributed by atoms with Crippen LogP contribution in [0.1, 0.15) is 22.3 Å². The van der Waals surface area contributed by atoms with Gasteiger partial charge in [0.05, 0.1) is 12.4 Å². The van der Waals surface area contributed by atoms with Gasteiger partial charge in [-0.1, -0.05) is 17.7 Å². The largest absolute Gasteiger partial charge is 0.346 e. The Labute approximate surface area is 152 Å². The summed E-state index contributed by atoms with van der Waals surface area (Å²) in [5, 5.41) is 1.04. The monoisotopic (exact) mass is 369 g/mol. The van der Waals surface area contributed by atoms with E-state index in [9.17, 15) is 8.78 Å². The molecule has 4 rings (SSSR count). The van der Waals surface area contributed by atoms with Gasteiger partial charge >= 0.3 is 0 Å². The van der Waals surface area contributed by atoms with Gasteiger partial charge in [0.1, 0.15) is 16.6 Å². The highest BCUT2D eigenvalue weighted by Crippen LogP contribution is 2.22. The summed E-state index contributed by atoms with van der Waals surface area (Å²) < 4.78 is 27.6. The van der Waals surface area contributed by atoms with Gasteiger partial charge in [0.25, 0.3) is 0 Å². The van der Waals surface area contributed by atoms with Crippen LogP contribution in [0.3, 0.4) is 0 Å². The van der Waals surface area contributed by atoms with Crippen LogP contribution < -0.4 is 0 Å². The SMILES string of the molecule is Fc1cnc2[nH]cc(Cc3cc(Cc4ccc(Cl)nc4)[c]nc3F)c2c1. The molecule has 7 heteroatoms. The summed E-state index contributed by atoms with van der Waals surface area (Å²) in [6.45, 7) is 0. The van der Waals surface area contributed by atoms with Crippen LogP contribution in [0.2, 0.25) is 5.15 Å². The summed E-state index contributed by atoms with van der Waals surface area (Å²) in [5.41, 5.74) is 3.37. The third kappa shape index (κ3) is 3.41. The molecule has 129 valence electrons. The van der Waals surface area contributed by atoms with Crippen molar-refractivity contribution in [1.29, 1.82) is 0 Å². The van der Waals surface area contributed by atoms with Crippen LogP contribution in [0, 0.1) is 18.0 Å². The van der Waals surface area contributed by atoms with Crippen molar-refractivity contribution in [2.24, 2.45) is 0 Å². The molecule has 0 saturated heterocycles. The van der Waals surface area contributed by atoms with Crippen molar-refractivity contribution in [3.05, 3.63) is 88.2 Å². The Balaban J connectivity index is 1.63. The first-order valence-corrected chi connectivity index (χ1v) is 8.24. The van der Waals surface area contributed by atoms with E-state index in [1.807, 2.05) is 6.07 Å². The summed E-state index contributed by atoms with van der Waals surface area (Å²) in [6.07, 6.45) is 7.98. The van der Waals surface area contributed by atoms with Crippen molar-refractivity contribution >= 4 is 22.6 Å². The van der Waals surface area contributed by atoms with E-state index < -0.39 is 11.8 Å². The van der Waals surface area contributed by atoms with Crippen LogP contribution in [0.5, 0.6) is 0 Å². The van der Waals surface area contributed by atoms with Crippen molar-refractivity contribution in [3.8, 4) is 0 Å². The zero-order chi connectivity index (χ0) is 18.1. The quantitative estimate of drug-likeness (QED) is 0.547. The van der Waals surface area contributed by atoms with Crippen molar-refractivity contribution in [2.75, 3.05) is 0 Å². The Bertz CT molecular complexity index is 1080. The number of nitrogens with one attached hydrogen (secondary N) is 1. The van der Waals surface area contributed by atoms with Gasteiger partial charge < -0.3 is 4.98 Å². The maximum absolute atomic E-state index is 14.2. The zero-order valence-corrected chi connectivity index (χ0v) is 14.2. The van der Waals surface area contributed by atoms with Gasteiger partial charge in [-0.25, -0.2) is 19.3 Å². The molecule has 0 bridgehead atoms. The minimum atomic E-state index is -0.596. The van der Waals surface area contributed by atoms with E-state index in [2.05, 4.69) is 26.1 Å². The van der Waals surface area contributed by atoms with Gasteiger partial charge in [0, 0.05) is 36.2 Å². The molecule has 0 aliphatic rings. The Morgan fingerprint density at radius 2 is 1.92 bits per heavy atom.